The maximum atomic E-state index is 12.8. The monoisotopic (exact) mass is 337 g/mol. The fourth-order valence-electron chi connectivity index (χ4n) is 1.90. The molecule has 1 aromatic rings. The Hall–Kier alpha value is -1.13. The van der Waals surface area contributed by atoms with E-state index in [2.05, 4.69) is 31.1 Å². The van der Waals surface area contributed by atoms with Crippen LogP contribution in [0.4, 0.5) is 0 Å². The highest BCUT2D eigenvalue weighted by molar-refractivity contribution is 7.89. The number of sulfonamides is 1. The average molecular weight is 338 g/mol. The van der Waals surface area contributed by atoms with Crippen molar-refractivity contribution in [3.63, 3.8) is 0 Å². The molecule has 1 atom stereocenters. The Morgan fingerprint density at radius 3 is 2.36 bits per heavy atom. The predicted octanol–water partition coefficient (Wildman–Crippen LogP) is 2.27. The normalized spacial score (nSPS) is 18.0. The summed E-state index contributed by atoms with van der Waals surface area (Å²) in [4.78, 5) is 0.313. The lowest BCUT2D eigenvalue weighted by Crippen LogP contribution is -2.35. The highest BCUT2D eigenvalue weighted by Gasteiger charge is 2.32. The summed E-state index contributed by atoms with van der Waals surface area (Å²) in [6.45, 7) is 9.58. The summed E-state index contributed by atoms with van der Waals surface area (Å²) in [6, 6.07) is 6.92. The SMILES string of the molecule is Cc1ccc(S(=O)(=O)N(CC#C[Si](C)(C)C)CC2CO2)cc1. The molecule has 22 heavy (non-hydrogen) atoms. The first kappa shape index (κ1) is 17.2. The van der Waals surface area contributed by atoms with Gasteiger partial charge in [0.2, 0.25) is 10.0 Å². The van der Waals surface area contributed by atoms with Crippen LogP contribution in [0.5, 0.6) is 0 Å². The number of ether oxygens (including phenoxy) is 1. The van der Waals surface area contributed by atoms with Crippen LogP contribution in [0, 0.1) is 18.4 Å². The van der Waals surface area contributed by atoms with E-state index in [0.717, 1.165) is 5.56 Å². The van der Waals surface area contributed by atoms with E-state index in [0.29, 0.717) is 18.0 Å². The molecule has 0 spiro atoms. The van der Waals surface area contributed by atoms with Gasteiger partial charge in [-0.05, 0) is 19.1 Å². The number of nitrogens with zero attached hydrogens (tertiary/aromatic N) is 1. The third-order valence-electron chi connectivity index (χ3n) is 3.19. The van der Waals surface area contributed by atoms with E-state index in [9.17, 15) is 8.42 Å². The average Bonchev–Trinajstić information content (AvgIpc) is 3.20. The predicted molar refractivity (Wildman–Crippen MR) is 90.8 cm³/mol. The minimum Gasteiger partial charge on any atom is -0.372 e. The molecule has 1 unspecified atom stereocenters. The minimum atomic E-state index is -3.52. The highest BCUT2D eigenvalue weighted by Crippen LogP contribution is 2.20. The number of hydrogen-bond donors (Lipinski definition) is 0. The van der Waals surface area contributed by atoms with Crippen molar-refractivity contribution in [2.45, 2.75) is 37.6 Å². The van der Waals surface area contributed by atoms with Crippen molar-refractivity contribution in [1.29, 1.82) is 0 Å². The standard InChI is InChI=1S/C16H23NO3SSi/c1-14-6-8-16(9-7-14)21(18,19)17(12-15-13-20-15)10-5-11-22(2,3)4/h6-9,15H,10,12-13H2,1-4H3. The molecule has 1 aliphatic heterocycles. The third kappa shape index (κ3) is 4.95. The van der Waals surface area contributed by atoms with E-state index in [4.69, 9.17) is 4.74 Å². The summed E-state index contributed by atoms with van der Waals surface area (Å²) in [5.41, 5.74) is 4.26. The largest absolute Gasteiger partial charge is 0.372 e. The summed E-state index contributed by atoms with van der Waals surface area (Å²) in [7, 11) is -5.03. The number of hydrogen-bond acceptors (Lipinski definition) is 3. The van der Waals surface area contributed by atoms with Gasteiger partial charge in [-0.3, -0.25) is 0 Å². The van der Waals surface area contributed by atoms with E-state index in [1.807, 2.05) is 19.1 Å². The van der Waals surface area contributed by atoms with Gasteiger partial charge in [-0.15, -0.1) is 5.54 Å². The van der Waals surface area contributed by atoms with Gasteiger partial charge in [0.25, 0.3) is 0 Å². The van der Waals surface area contributed by atoms with Gasteiger partial charge in [0, 0.05) is 6.54 Å². The Balaban J connectivity index is 2.22. The number of epoxide rings is 1. The lowest BCUT2D eigenvalue weighted by Gasteiger charge is -2.19. The molecule has 1 saturated heterocycles. The quantitative estimate of drug-likeness (QED) is 0.470. The van der Waals surface area contributed by atoms with Crippen LogP contribution < -0.4 is 0 Å². The highest BCUT2D eigenvalue weighted by atomic mass is 32.2. The third-order valence-corrected chi connectivity index (χ3v) is 5.94. The summed E-state index contributed by atoms with van der Waals surface area (Å²) in [5.74, 6) is 3.05. The molecule has 1 heterocycles. The lowest BCUT2D eigenvalue weighted by atomic mass is 10.2. The molecule has 0 N–H and O–H groups in total. The van der Waals surface area contributed by atoms with Crippen molar-refractivity contribution < 1.29 is 13.2 Å². The first-order valence-electron chi connectivity index (χ1n) is 7.37. The maximum Gasteiger partial charge on any atom is 0.244 e. The van der Waals surface area contributed by atoms with E-state index in [1.165, 1.54) is 4.31 Å². The van der Waals surface area contributed by atoms with Crippen molar-refractivity contribution in [2.24, 2.45) is 0 Å². The first-order valence-corrected chi connectivity index (χ1v) is 12.3. The van der Waals surface area contributed by atoms with E-state index >= 15 is 0 Å². The van der Waals surface area contributed by atoms with Gasteiger partial charge < -0.3 is 4.74 Å². The molecular formula is C16H23NO3SSi. The van der Waals surface area contributed by atoms with Crippen molar-refractivity contribution in [2.75, 3.05) is 19.7 Å². The zero-order chi connectivity index (χ0) is 16.4. The Labute approximate surface area is 134 Å². The van der Waals surface area contributed by atoms with Crippen LogP contribution in [0.25, 0.3) is 0 Å². The van der Waals surface area contributed by atoms with Crippen LogP contribution in [0.1, 0.15) is 5.56 Å². The van der Waals surface area contributed by atoms with Gasteiger partial charge in [0.05, 0.1) is 24.2 Å². The summed E-state index contributed by atoms with van der Waals surface area (Å²) < 4.78 is 32.2. The minimum absolute atomic E-state index is 0.00825. The molecule has 2 rings (SSSR count). The van der Waals surface area contributed by atoms with E-state index < -0.39 is 18.1 Å². The van der Waals surface area contributed by atoms with Crippen molar-refractivity contribution in [3.05, 3.63) is 29.8 Å². The molecule has 0 aliphatic carbocycles. The van der Waals surface area contributed by atoms with Gasteiger partial charge in [0.15, 0.2) is 0 Å². The molecule has 0 radical (unpaired) electrons. The first-order chi connectivity index (χ1) is 10.2. The molecule has 6 heteroatoms. The summed E-state index contributed by atoms with van der Waals surface area (Å²) in [6.07, 6.45) is 0.00825. The van der Waals surface area contributed by atoms with Crippen molar-refractivity contribution >= 4 is 18.1 Å². The van der Waals surface area contributed by atoms with E-state index in [-0.39, 0.29) is 12.6 Å². The fraction of sp³-hybridized carbons (Fsp3) is 0.500. The molecule has 1 aliphatic rings. The van der Waals surface area contributed by atoms with Gasteiger partial charge in [-0.25, -0.2) is 8.42 Å². The second kappa shape index (κ2) is 6.55. The van der Waals surface area contributed by atoms with Crippen LogP contribution in [-0.2, 0) is 14.8 Å². The van der Waals surface area contributed by atoms with Crippen LogP contribution in [0.15, 0.2) is 29.2 Å². The van der Waals surface area contributed by atoms with Crippen LogP contribution >= 0.6 is 0 Å². The maximum absolute atomic E-state index is 12.8. The topological polar surface area (TPSA) is 49.9 Å². The Bertz CT molecular complexity index is 677. The number of aryl methyl sites for hydroxylation is 1. The van der Waals surface area contributed by atoms with Gasteiger partial charge in [0.1, 0.15) is 8.07 Å². The second-order valence-corrected chi connectivity index (χ2v) is 13.3. The van der Waals surface area contributed by atoms with Gasteiger partial charge >= 0.3 is 0 Å². The molecule has 4 nitrogen and oxygen atoms in total. The molecule has 0 bridgehead atoms. The second-order valence-electron chi connectivity index (χ2n) is 6.62. The molecule has 0 aromatic heterocycles. The Morgan fingerprint density at radius 2 is 1.86 bits per heavy atom. The van der Waals surface area contributed by atoms with Crippen molar-refractivity contribution in [3.8, 4) is 11.5 Å². The Morgan fingerprint density at radius 1 is 1.27 bits per heavy atom. The van der Waals surface area contributed by atoms with Crippen LogP contribution in [0.2, 0.25) is 19.6 Å². The van der Waals surface area contributed by atoms with Gasteiger partial charge in [-0.1, -0.05) is 43.3 Å². The summed E-state index contributed by atoms with van der Waals surface area (Å²) in [5, 5.41) is 0. The fourth-order valence-corrected chi connectivity index (χ4v) is 3.88. The van der Waals surface area contributed by atoms with E-state index in [1.54, 1.807) is 12.1 Å². The zero-order valence-electron chi connectivity index (χ0n) is 13.6. The Kier molecular flexibility index (Phi) is 5.13. The molecule has 120 valence electrons. The van der Waals surface area contributed by atoms with Gasteiger partial charge in [-0.2, -0.15) is 4.31 Å². The number of benzene rings is 1. The molecular weight excluding hydrogens is 314 g/mol. The summed E-state index contributed by atoms with van der Waals surface area (Å²) >= 11 is 0. The molecule has 1 fully saturated rings. The molecule has 1 aromatic carbocycles. The lowest BCUT2D eigenvalue weighted by molar-refractivity contribution is 0.350. The smallest absolute Gasteiger partial charge is 0.244 e. The molecule has 0 saturated carbocycles. The van der Waals surface area contributed by atoms with Crippen LogP contribution in [-0.4, -0.2) is 46.6 Å². The van der Waals surface area contributed by atoms with Crippen LogP contribution in [0.3, 0.4) is 0 Å². The number of rotatable bonds is 5. The van der Waals surface area contributed by atoms with Crippen molar-refractivity contribution in [1.82, 2.24) is 4.31 Å². The zero-order valence-corrected chi connectivity index (χ0v) is 15.4. The molecule has 0 amide bonds.